The molecule has 0 saturated carbocycles. The largest absolute Gasteiger partial charge is 0.368 e. The minimum Gasteiger partial charge on any atom is -0.368 e. The number of nitrogens with one attached hydrogen (secondary N) is 1. The monoisotopic (exact) mass is 511 g/mol. The van der Waals surface area contributed by atoms with Crippen LogP contribution in [0.3, 0.4) is 0 Å². The Labute approximate surface area is 204 Å². The number of rotatable bonds is 7. The van der Waals surface area contributed by atoms with E-state index >= 15 is 0 Å². The Morgan fingerprint density at radius 3 is 2.42 bits per heavy atom. The highest BCUT2D eigenvalue weighted by atomic mass is 35.5. The van der Waals surface area contributed by atoms with Gasteiger partial charge in [-0.1, -0.05) is 41.4 Å². The molecule has 178 valence electrons. The van der Waals surface area contributed by atoms with E-state index in [4.69, 9.17) is 27.9 Å². The second-order valence-electron chi connectivity index (χ2n) is 8.21. The lowest BCUT2D eigenvalue weighted by atomic mass is 10.2. The molecule has 33 heavy (non-hydrogen) atoms. The number of ether oxygens (including phenoxy) is 1. The Morgan fingerprint density at radius 1 is 1.06 bits per heavy atom. The van der Waals surface area contributed by atoms with Gasteiger partial charge in [-0.3, -0.25) is 4.79 Å². The third-order valence-electron chi connectivity index (χ3n) is 6.08. The van der Waals surface area contributed by atoms with Crippen LogP contribution < -0.4 is 10.2 Å². The molecule has 2 heterocycles. The number of sulfone groups is 1. The van der Waals surface area contributed by atoms with Crippen LogP contribution in [0.5, 0.6) is 0 Å². The van der Waals surface area contributed by atoms with Crippen molar-refractivity contribution in [2.45, 2.75) is 29.2 Å². The highest BCUT2D eigenvalue weighted by molar-refractivity contribution is 7.92. The Kier molecular flexibility index (Phi) is 7.81. The van der Waals surface area contributed by atoms with Crippen LogP contribution in [0.1, 0.15) is 12.8 Å². The average molecular weight is 512 g/mol. The number of hydrogen-bond donors (Lipinski definition) is 1. The van der Waals surface area contributed by atoms with E-state index in [1.807, 2.05) is 30.3 Å². The van der Waals surface area contributed by atoms with Crippen LogP contribution in [-0.2, 0) is 19.4 Å². The molecular weight excluding hydrogens is 485 g/mol. The molecule has 2 aromatic carbocycles. The predicted molar refractivity (Wildman–Crippen MR) is 130 cm³/mol. The number of halogens is 2. The summed E-state index contributed by atoms with van der Waals surface area (Å²) in [4.78, 5) is 16.8. The fourth-order valence-corrected chi connectivity index (χ4v) is 6.33. The van der Waals surface area contributed by atoms with Gasteiger partial charge in [0, 0.05) is 37.9 Å². The van der Waals surface area contributed by atoms with Crippen molar-refractivity contribution >= 4 is 44.6 Å². The summed E-state index contributed by atoms with van der Waals surface area (Å²) in [6, 6.07) is 13.9. The number of para-hydroxylation sites is 1. The van der Waals surface area contributed by atoms with Gasteiger partial charge in [-0.15, -0.1) is 0 Å². The van der Waals surface area contributed by atoms with E-state index in [9.17, 15) is 13.2 Å². The van der Waals surface area contributed by atoms with E-state index in [2.05, 4.69) is 10.2 Å². The van der Waals surface area contributed by atoms with Gasteiger partial charge in [-0.05, 0) is 49.7 Å². The van der Waals surface area contributed by atoms with Gasteiger partial charge in [-0.25, -0.2) is 8.42 Å². The Hall–Kier alpha value is -1.84. The van der Waals surface area contributed by atoms with Gasteiger partial charge >= 0.3 is 0 Å². The van der Waals surface area contributed by atoms with Crippen molar-refractivity contribution in [3.8, 4) is 0 Å². The minimum absolute atomic E-state index is 0.0273. The molecule has 2 fully saturated rings. The quantitative estimate of drug-likeness (QED) is 0.614. The first-order valence-electron chi connectivity index (χ1n) is 11.0. The molecule has 7 nitrogen and oxygen atoms in total. The van der Waals surface area contributed by atoms with Crippen molar-refractivity contribution in [3.05, 3.63) is 58.6 Å². The maximum Gasteiger partial charge on any atom is 0.248 e. The molecule has 0 bridgehead atoms. The lowest BCUT2D eigenvalue weighted by molar-refractivity contribution is -0.137. The van der Waals surface area contributed by atoms with E-state index in [0.29, 0.717) is 39.1 Å². The molecule has 0 radical (unpaired) electrons. The summed E-state index contributed by atoms with van der Waals surface area (Å²) in [6.07, 6.45) is 1.49. The fourth-order valence-electron chi connectivity index (χ4n) is 4.25. The van der Waals surface area contributed by atoms with Gasteiger partial charge in [0.15, 0.2) is 5.44 Å². The molecule has 0 spiro atoms. The van der Waals surface area contributed by atoms with Crippen molar-refractivity contribution < 1.29 is 17.9 Å². The second-order valence-corrected chi connectivity index (χ2v) is 11.0. The first-order chi connectivity index (χ1) is 15.9. The Balaban J connectivity index is 1.41. The van der Waals surface area contributed by atoms with Crippen LogP contribution in [0.25, 0.3) is 0 Å². The molecule has 10 heteroatoms. The molecule has 2 saturated heterocycles. The van der Waals surface area contributed by atoms with E-state index in [-0.39, 0.29) is 27.5 Å². The van der Waals surface area contributed by atoms with Crippen LogP contribution in [0.2, 0.25) is 10.0 Å². The summed E-state index contributed by atoms with van der Waals surface area (Å²) in [5, 5.41) is 3.62. The van der Waals surface area contributed by atoms with Crippen LogP contribution in [0, 0.1) is 0 Å². The van der Waals surface area contributed by atoms with E-state index in [1.165, 1.54) is 18.2 Å². The second kappa shape index (κ2) is 10.6. The van der Waals surface area contributed by atoms with Crippen LogP contribution in [0.15, 0.2) is 53.4 Å². The maximum atomic E-state index is 13.4. The number of anilines is 1. The molecule has 2 aliphatic rings. The van der Waals surface area contributed by atoms with Crippen LogP contribution in [0.4, 0.5) is 5.69 Å². The summed E-state index contributed by atoms with van der Waals surface area (Å²) >= 11 is 12.0. The molecule has 0 aromatic heterocycles. The molecule has 0 aliphatic carbocycles. The Bertz CT molecular complexity index is 1070. The average Bonchev–Trinajstić information content (AvgIpc) is 3.36. The highest BCUT2D eigenvalue weighted by Crippen LogP contribution is 2.29. The minimum atomic E-state index is -3.90. The lowest BCUT2D eigenvalue weighted by Gasteiger charge is -2.36. The van der Waals surface area contributed by atoms with Crippen molar-refractivity contribution in [3.63, 3.8) is 0 Å². The number of benzene rings is 2. The molecule has 4 rings (SSSR count). The SMILES string of the molecule is O=C(COC(C1CCCN1)S(=O)(=O)c1ccc(Cl)c(Cl)c1)N1CCN(c2ccccc2)CC1. The zero-order valence-corrected chi connectivity index (χ0v) is 20.5. The van der Waals surface area contributed by atoms with Gasteiger partial charge < -0.3 is 19.9 Å². The van der Waals surface area contributed by atoms with E-state index < -0.39 is 21.3 Å². The molecule has 2 aliphatic heterocycles. The lowest BCUT2D eigenvalue weighted by Crippen LogP contribution is -2.51. The zero-order valence-electron chi connectivity index (χ0n) is 18.1. The summed E-state index contributed by atoms with van der Waals surface area (Å²) in [6.45, 7) is 2.95. The standard InChI is InChI=1S/C23H27Cl2N3O4S/c24-19-9-8-18(15-20(19)25)33(30,31)23(21-7-4-10-26-21)32-16-22(29)28-13-11-27(12-14-28)17-5-2-1-3-6-17/h1-3,5-6,8-9,15,21,23,26H,4,7,10-14,16H2. The number of hydrogen-bond acceptors (Lipinski definition) is 6. The topological polar surface area (TPSA) is 78.9 Å². The number of nitrogens with zero attached hydrogens (tertiary/aromatic N) is 2. The number of piperazine rings is 1. The number of carbonyl (C=O) groups excluding carboxylic acids is 1. The molecular formula is C23H27Cl2N3O4S. The normalized spacial score (nSPS) is 20.1. The highest BCUT2D eigenvalue weighted by Gasteiger charge is 2.38. The molecule has 2 unspecified atom stereocenters. The summed E-state index contributed by atoms with van der Waals surface area (Å²) in [5.41, 5.74) is -0.0623. The number of amides is 1. The summed E-state index contributed by atoms with van der Waals surface area (Å²) in [5.74, 6) is -0.213. The Morgan fingerprint density at radius 2 is 1.79 bits per heavy atom. The fraction of sp³-hybridized carbons (Fsp3) is 0.435. The van der Waals surface area contributed by atoms with Crippen molar-refractivity contribution in [1.29, 1.82) is 0 Å². The van der Waals surface area contributed by atoms with Crippen LogP contribution in [-0.4, -0.2) is 70.0 Å². The molecule has 2 atom stereocenters. The third kappa shape index (κ3) is 5.63. The zero-order chi connectivity index (χ0) is 23.4. The van der Waals surface area contributed by atoms with Gasteiger partial charge in [0.25, 0.3) is 0 Å². The van der Waals surface area contributed by atoms with E-state index in [1.54, 1.807) is 4.90 Å². The van der Waals surface area contributed by atoms with Crippen molar-refractivity contribution in [2.24, 2.45) is 0 Å². The van der Waals surface area contributed by atoms with Crippen molar-refractivity contribution in [1.82, 2.24) is 10.2 Å². The van der Waals surface area contributed by atoms with Gasteiger partial charge in [0.1, 0.15) is 6.61 Å². The van der Waals surface area contributed by atoms with Gasteiger partial charge in [0.05, 0.1) is 14.9 Å². The number of carbonyl (C=O) groups is 1. The molecule has 1 amide bonds. The van der Waals surface area contributed by atoms with Crippen molar-refractivity contribution in [2.75, 3.05) is 44.2 Å². The molecule has 2 aromatic rings. The molecule has 1 N–H and O–H groups in total. The predicted octanol–water partition coefficient (Wildman–Crippen LogP) is 3.21. The van der Waals surface area contributed by atoms with Gasteiger partial charge in [0.2, 0.25) is 15.7 Å². The third-order valence-corrected chi connectivity index (χ3v) is 8.80. The first kappa shape index (κ1) is 24.3. The van der Waals surface area contributed by atoms with E-state index in [0.717, 1.165) is 12.1 Å². The first-order valence-corrected chi connectivity index (χ1v) is 13.3. The summed E-state index contributed by atoms with van der Waals surface area (Å²) in [7, 11) is -3.90. The summed E-state index contributed by atoms with van der Waals surface area (Å²) < 4.78 is 32.6. The maximum absolute atomic E-state index is 13.4. The van der Waals surface area contributed by atoms with Crippen LogP contribution >= 0.6 is 23.2 Å². The smallest absolute Gasteiger partial charge is 0.248 e. The van der Waals surface area contributed by atoms with Gasteiger partial charge in [-0.2, -0.15) is 0 Å².